The van der Waals surface area contributed by atoms with Gasteiger partial charge in [0.05, 0.1) is 10.7 Å². The Morgan fingerprint density at radius 1 is 1.33 bits per heavy atom. The monoisotopic (exact) mass is 309 g/mol. The second-order valence-corrected chi connectivity index (χ2v) is 7.61. The third-order valence-corrected chi connectivity index (χ3v) is 4.39. The van der Waals surface area contributed by atoms with Crippen molar-refractivity contribution in [3.05, 3.63) is 28.8 Å². The maximum Gasteiger partial charge on any atom is 0.0642 e. The van der Waals surface area contributed by atoms with Crippen LogP contribution in [-0.4, -0.2) is 43.7 Å². The van der Waals surface area contributed by atoms with Crippen molar-refractivity contribution in [2.75, 3.05) is 32.1 Å². The number of benzene rings is 1. The number of para-hydroxylation sites is 1. The fourth-order valence-corrected chi connectivity index (χ4v) is 3.10. The first-order valence-electron chi connectivity index (χ1n) is 7.72. The highest BCUT2D eigenvalue weighted by molar-refractivity contribution is 6.33. The van der Waals surface area contributed by atoms with Gasteiger partial charge in [0.15, 0.2) is 0 Å². The summed E-state index contributed by atoms with van der Waals surface area (Å²) in [5.74, 6) is 0. The van der Waals surface area contributed by atoms with E-state index in [1.54, 1.807) is 0 Å². The van der Waals surface area contributed by atoms with Gasteiger partial charge < -0.3 is 15.1 Å². The van der Waals surface area contributed by atoms with Crippen LogP contribution in [0.15, 0.2) is 18.2 Å². The molecule has 1 aromatic carbocycles. The van der Waals surface area contributed by atoms with E-state index in [-0.39, 0.29) is 5.54 Å². The van der Waals surface area contributed by atoms with Crippen molar-refractivity contribution in [3.63, 3.8) is 0 Å². The molecule has 0 saturated carbocycles. The van der Waals surface area contributed by atoms with Crippen molar-refractivity contribution in [2.45, 2.75) is 45.3 Å². The second kappa shape index (κ2) is 6.55. The van der Waals surface area contributed by atoms with Crippen molar-refractivity contribution in [3.8, 4) is 0 Å². The summed E-state index contributed by atoms with van der Waals surface area (Å²) in [4.78, 5) is 4.75. The van der Waals surface area contributed by atoms with Crippen molar-refractivity contribution in [2.24, 2.45) is 0 Å². The third-order valence-electron chi connectivity index (χ3n) is 4.09. The molecule has 1 aliphatic heterocycles. The van der Waals surface area contributed by atoms with Crippen LogP contribution in [0.5, 0.6) is 0 Å². The Labute approximate surface area is 134 Å². The summed E-state index contributed by atoms with van der Waals surface area (Å²) in [6.45, 7) is 9.55. The molecule has 1 aliphatic rings. The molecular formula is C17H28ClN3. The molecule has 4 heteroatoms. The Hall–Kier alpha value is -0.770. The summed E-state index contributed by atoms with van der Waals surface area (Å²) in [6, 6.07) is 6.85. The maximum atomic E-state index is 6.50. The Bertz CT molecular complexity index is 479. The smallest absolute Gasteiger partial charge is 0.0642 e. The van der Waals surface area contributed by atoms with Crippen LogP contribution in [0.4, 0.5) is 5.69 Å². The molecule has 1 aromatic rings. The summed E-state index contributed by atoms with van der Waals surface area (Å²) in [5.41, 5.74) is 2.61. The lowest BCUT2D eigenvalue weighted by Crippen LogP contribution is -2.36. The highest BCUT2D eigenvalue weighted by Gasteiger charge is 2.27. The van der Waals surface area contributed by atoms with Crippen molar-refractivity contribution in [1.29, 1.82) is 0 Å². The van der Waals surface area contributed by atoms with Crippen LogP contribution < -0.4 is 10.2 Å². The molecule has 1 heterocycles. The lowest BCUT2D eigenvalue weighted by Gasteiger charge is -2.27. The maximum absolute atomic E-state index is 6.50. The van der Waals surface area contributed by atoms with E-state index in [1.807, 2.05) is 12.1 Å². The van der Waals surface area contributed by atoms with Crippen LogP contribution in [0.25, 0.3) is 0 Å². The van der Waals surface area contributed by atoms with Gasteiger partial charge in [-0.25, -0.2) is 0 Å². The predicted molar refractivity (Wildman–Crippen MR) is 92.3 cm³/mol. The number of nitrogens with one attached hydrogen (secondary N) is 1. The van der Waals surface area contributed by atoms with E-state index in [4.69, 9.17) is 11.6 Å². The summed E-state index contributed by atoms with van der Waals surface area (Å²) in [7, 11) is 4.31. The molecule has 3 nitrogen and oxygen atoms in total. The van der Waals surface area contributed by atoms with Crippen molar-refractivity contribution < 1.29 is 0 Å². The molecule has 1 unspecified atom stereocenters. The Balaban J connectivity index is 2.18. The molecule has 1 fully saturated rings. The Kier molecular flexibility index (Phi) is 5.18. The number of anilines is 1. The van der Waals surface area contributed by atoms with Gasteiger partial charge in [0.25, 0.3) is 0 Å². The molecule has 118 valence electrons. The quantitative estimate of drug-likeness (QED) is 0.920. The van der Waals surface area contributed by atoms with Crippen LogP contribution in [0.2, 0.25) is 5.02 Å². The molecule has 0 spiro atoms. The minimum atomic E-state index is 0.108. The van der Waals surface area contributed by atoms with Gasteiger partial charge in [-0.05, 0) is 52.9 Å². The van der Waals surface area contributed by atoms with E-state index >= 15 is 0 Å². The van der Waals surface area contributed by atoms with Crippen molar-refractivity contribution >= 4 is 17.3 Å². The normalized spacial score (nSPS) is 19.6. The zero-order chi connectivity index (χ0) is 15.6. The lowest BCUT2D eigenvalue weighted by molar-refractivity contribution is 0.315. The lowest BCUT2D eigenvalue weighted by atomic mass is 10.1. The summed E-state index contributed by atoms with van der Waals surface area (Å²) in [5, 5.41) is 4.43. The van der Waals surface area contributed by atoms with Gasteiger partial charge in [-0.1, -0.05) is 23.7 Å². The largest absolute Gasteiger partial charge is 0.368 e. The molecule has 0 bridgehead atoms. The number of nitrogens with zero attached hydrogens (tertiary/aromatic N) is 2. The Morgan fingerprint density at radius 2 is 2.05 bits per heavy atom. The number of hydrogen-bond acceptors (Lipinski definition) is 3. The fraction of sp³-hybridized carbons (Fsp3) is 0.647. The first kappa shape index (κ1) is 16.6. The molecule has 1 saturated heterocycles. The highest BCUT2D eigenvalue weighted by Crippen LogP contribution is 2.33. The standard InChI is InChI=1S/C17H28ClN3/c1-17(2,3)19-11-13-7-6-8-15(18)16(13)21-10-9-14(12-21)20(4)5/h6-8,14,19H,9-12H2,1-5H3. The molecular weight excluding hydrogens is 282 g/mol. The number of rotatable bonds is 4. The molecule has 0 aliphatic carbocycles. The summed E-state index contributed by atoms with van der Waals surface area (Å²) in [6.07, 6.45) is 1.20. The average molecular weight is 310 g/mol. The number of hydrogen-bond donors (Lipinski definition) is 1. The Morgan fingerprint density at radius 3 is 2.62 bits per heavy atom. The van der Waals surface area contributed by atoms with Gasteiger partial charge in [-0.2, -0.15) is 0 Å². The van der Waals surface area contributed by atoms with E-state index in [2.05, 4.69) is 56.0 Å². The zero-order valence-corrected chi connectivity index (χ0v) is 14.7. The molecule has 0 radical (unpaired) electrons. The van der Waals surface area contributed by atoms with Gasteiger partial charge >= 0.3 is 0 Å². The summed E-state index contributed by atoms with van der Waals surface area (Å²) < 4.78 is 0. The topological polar surface area (TPSA) is 18.5 Å². The molecule has 0 amide bonds. The number of likely N-dealkylation sites (N-methyl/N-ethyl adjacent to an activating group) is 1. The summed E-state index contributed by atoms with van der Waals surface area (Å²) >= 11 is 6.50. The van der Waals surface area contributed by atoms with E-state index in [1.165, 1.54) is 17.7 Å². The van der Waals surface area contributed by atoms with Crippen LogP contribution in [0, 0.1) is 0 Å². The SMILES string of the molecule is CN(C)C1CCN(c2c(Cl)cccc2CNC(C)(C)C)C1. The molecule has 1 atom stereocenters. The van der Waals surface area contributed by atoms with E-state index in [9.17, 15) is 0 Å². The predicted octanol–water partition coefficient (Wildman–Crippen LogP) is 3.37. The first-order valence-corrected chi connectivity index (χ1v) is 8.09. The average Bonchev–Trinajstić information content (AvgIpc) is 2.85. The molecule has 2 rings (SSSR count). The van der Waals surface area contributed by atoms with Crippen LogP contribution in [0.3, 0.4) is 0 Å². The van der Waals surface area contributed by atoms with E-state index < -0.39 is 0 Å². The van der Waals surface area contributed by atoms with Gasteiger partial charge in [-0.3, -0.25) is 0 Å². The first-order chi connectivity index (χ1) is 9.78. The molecule has 0 aromatic heterocycles. The third kappa shape index (κ3) is 4.35. The van der Waals surface area contributed by atoms with Gasteiger partial charge in [-0.15, -0.1) is 0 Å². The molecule has 21 heavy (non-hydrogen) atoms. The van der Waals surface area contributed by atoms with Crippen LogP contribution >= 0.6 is 11.6 Å². The minimum Gasteiger partial charge on any atom is -0.368 e. The number of halogens is 1. The van der Waals surface area contributed by atoms with Crippen LogP contribution in [-0.2, 0) is 6.54 Å². The van der Waals surface area contributed by atoms with Crippen LogP contribution in [0.1, 0.15) is 32.8 Å². The van der Waals surface area contributed by atoms with Gasteiger partial charge in [0.2, 0.25) is 0 Å². The fourth-order valence-electron chi connectivity index (χ4n) is 2.78. The van der Waals surface area contributed by atoms with E-state index in [0.29, 0.717) is 6.04 Å². The van der Waals surface area contributed by atoms with Gasteiger partial charge in [0, 0.05) is 31.2 Å². The van der Waals surface area contributed by atoms with Gasteiger partial charge in [0.1, 0.15) is 0 Å². The highest BCUT2D eigenvalue weighted by atomic mass is 35.5. The minimum absolute atomic E-state index is 0.108. The molecule has 1 N–H and O–H groups in total. The van der Waals surface area contributed by atoms with Crippen molar-refractivity contribution in [1.82, 2.24) is 10.2 Å². The zero-order valence-electron chi connectivity index (χ0n) is 13.9. The second-order valence-electron chi connectivity index (χ2n) is 7.20. The van der Waals surface area contributed by atoms with E-state index in [0.717, 1.165) is 24.7 Å².